The second kappa shape index (κ2) is 8.98. The molecule has 3 aromatic carbocycles. The van der Waals surface area contributed by atoms with Gasteiger partial charge < -0.3 is 10.0 Å². The molecule has 0 heterocycles. The van der Waals surface area contributed by atoms with E-state index >= 15 is 0 Å². The first-order chi connectivity index (χ1) is 13.1. The van der Waals surface area contributed by atoms with E-state index in [4.69, 9.17) is 0 Å². The van der Waals surface area contributed by atoms with Crippen LogP contribution in [0.4, 0.5) is 0 Å². The van der Waals surface area contributed by atoms with Gasteiger partial charge in [-0.15, -0.1) is 0 Å². The van der Waals surface area contributed by atoms with Crippen molar-refractivity contribution in [2.45, 2.75) is 25.5 Å². The summed E-state index contributed by atoms with van der Waals surface area (Å²) in [6.45, 7) is 3.84. The average molecular weight is 360 g/mol. The molecule has 0 aliphatic heterocycles. The van der Waals surface area contributed by atoms with Crippen LogP contribution in [0, 0.1) is 5.92 Å². The number of benzene rings is 3. The number of aliphatic hydroxyl groups is 1. The van der Waals surface area contributed by atoms with E-state index < -0.39 is 5.60 Å². The summed E-state index contributed by atoms with van der Waals surface area (Å²) in [4.78, 5) is 2.29. The third kappa shape index (κ3) is 5.06. The van der Waals surface area contributed by atoms with Crippen molar-refractivity contribution in [3.05, 3.63) is 108 Å². The van der Waals surface area contributed by atoms with Crippen LogP contribution in [0.1, 0.15) is 23.6 Å². The molecule has 27 heavy (non-hydrogen) atoms. The molecule has 0 bridgehead atoms. The van der Waals surface area contributed by atoms with Crippen molar-refractivity contribution < 1.29 is 5.11 Å². The molecule has 2 atom stereocenters. The van der Waals surface area contributed by atoms with Crippen LogP contribution in [0.3, 0.4) is 0 Å². The van der Waals surface area contributed by atoms with Crippen LogP contribution in [0.15, 0.2) is 91.0 Å². The van der Waals surface area contributed by atoms with Crippen LogP contribution in [-0.4, -0.2) is 23.6 Å². The minimum absolute atomic E-state index is 0.0776. The zero-order valence-corrected chi connectivity index (χ0v) is 16.3. The van der Waals surface area contributed by atoms with E-state index in [9.17, 15) is 5.11 Å². The number of hydrogen-bond acceptors (Lipinski definition) is 2. The Balaban J connectivity index is 1.79. The zero-order chi connectivity index (χ0) is 19.1. The predicted molar refractivity (Wildman–Crippen MR) is 112 cm³/mol. The summed E-state index contributed by atoms with van der Waals surface area (Å²) < 4.78 is 0. The molecule has 2 nitrogen and oxygen atoms in total. The van der Waals surface area contributed by atoms with Gasteiger partial charge in [0.25, 0.3) is 0 Å². The molecule has 0 fully saturated rings. The Labute approximate surface area is 163 Å². The van der Waals surface area contributed by atoms with E-state index in [0.717, 1.165) is 24.2 Å². The summed E-state index contributed by atoms with van der Waals surface area (Å²) in [5.74, 6) is 0.0776. The summed E-state index contributed by atoms with van der Waals surface area (Å²) in [5.41, 5.74) is 2.52. The SMILES string of the molecule is C[C@@H](CN(C)Cc1ccccc1)[C@](O)(Cc1ccccc1)c1ccccc1. The van der Waals surface area contributed by atoms with Crippen molar-refractivity contribution >= 4 is 0 Å². The standard InChI is InChI=1S/C25H29NO/c1-21(19-26(2)20-23-14-8-4-9-15-23)25(27,24-16-10-5-11-17-24)18-22-12-6-3-7-13-22/h3-17,21,27H,18-20H2,1-2H3/t21-,25+/m0/s1. The normalized spacial score (nSPS) is 14.7. The Kier molecular flexibility index (Phi) is 6.44. The molecule has 0 unspecified atom stereocenters. The van der Waals surface area contributed by atoms with E-state index in [2.05, 4.69) is 55.3 Å². The molecule has 3 rings (SSSR count). The molecule has 0 aromatic heterocycles. The summed E-state index contributed by atoms with van der Waals surface area (Å²) in [7, 11) is 2.12. The molecule has 1 N–H and O–H groups in total. The molecular formula is C25H29NO. The third-order valence-electron chi connectivity index (χ3n) is 5.29. The average Bonchev–Trinajstić information content (AvgIpc) is 2.70. The minimum Gasteiger partial charge on any atom is -0.384 e. The number of rotatable bonds is 8. The highest BCUT2D eigenvalue weighted by Crippen LogP contribution is 2.34. The van der Waals surface area contributed by atoms with Crippen molar-refractivity contribution in [1.82, 2.24) is 4.90 Å². The summed E-state index contributed by atoms with van der Waals surface area (Å²) in [5, 5.41) is 11.8. The van der Waals surface area contributed by atoms with Gasteiger partial charge in [0.05, 0.1) is 5.60 Å². The van der Waals surface area contributed by atoms with Gasteiger partial charge in [-0.05, 0) is 23.7 Å². The fourth-order valence-corrected chi connectivity index (χ4v) is 3.77. The van der Waals surface area contributed by atoms with Gasteiger partial charge in [0.15, 0.2) is 0 Å². The van der Waals surface area contributed by atoms with E-state index in [0.29, 0.717) is 6.42 Å². The van der Waals surface area contributed by atoms with Crippen LogP contribution in [-0.2, 0) is 18.6 Å². The van der Waals surface area contributed by atoms with Crippen molar-refractivity contribution in [1.29, 1.82) is 0 Å². The smallest absolute Gasteiger partial charge is 0.0974 e. The van der Waals surface area contributed by atoms with E-state index in [1.807, 2.05) is 54.6 Å². The lowest BCUT2D eigenvalue weighted by Crippen LogP contribution is -2.41. The highest BCUT2D eigenvalue weighted by molar-refractivity contribution is 5.28. The van der Waals surface area contributed by atoms with Gasteiger partial charge in [0.2, 0.25) is 0 Å². The first-order valence-electron chi connectivity index (χ1n) is 9.62. The molecule has 0 aliphatic carbocycles. The highest BCUT2D eigenvalue weighted by atomic mass is 16.3. The van der Waals surface area contributed by atoms with Gasteiger partial charge in [-0.1, -0.05) is 97.9 Å². The fourth-order valence-electron chi connectivity index (χ4n) is 3.77. The van der Waals surface area contributed by atoms with Crippen LogP contribution >= 0.6 is 0 Å². The minimum atomic E-state index is -0.909. The van der Waals surface area contributed by atoms with Gasteiger partial charge in [-0.25, -0.2) is 0 Å². The van der Waals surface area contributed by atoms with Gasteiger partial charge in [-0.3, -0.25) is 0 Å². The predicted octanol–water partition coefficient (Wildman–Crippen LogP) is 4.89. The van der Waals surface area contributed by atoms with Crippen LogP contribution in [0.5, 0.6) is 0 Å². The molecule has 2 heteroatoms. The Morgan fingerprint density at radius 3 is 1.81 bits per heavy atom. The molecule has 0 radical (unpaired) electrons. The van der Waals surface area contributed by atoms with E-state index in [1.165, 1.54) is 5.56 Å². The lowest BCUT2D eigenvalue weighted by atomic mass is 9.77. The maximum Gasteiger partial charge on any atom is 0.0974 e. The highest BCUT2D eigenvalue weighted by Gasteiger charge is 2.36. The Morgan fingerprint density at radius 1 is 0.778 bits per heavy atom. The van der Waals surface area contributed by atoms with Crippen LogP contribution < -0.4 is 0 Å². The number of nitrogens with zero attached hydrogens (tertiary/aromatic N) is 1. The first-order valence-corrected chi connectivity index (χ1v) is 9.62. The topological polar surface area (TPSA) is 23.5 Å². The third-order valence-corrected chi connectivity index (χ3v) is 5.29. The van der Waals surface area contributed by atoms with Crippen molar-refractivity contribution in [3.63, 3.8) is 0 Å². The molecule has 0 saturated heterocycles. The quantitative estimate of drug-likeness (QED) is 0.619. The zero-order valence-electron chi connectivity index (χ0n) is 16.3. The van der Waals surface area contributed by atoms with Gasteiger partial charge >= 0.3 is 0 Å². The molecule has 0 saturated carbocycles. The second-order valence-electron chi connectivity index (χ2n) is 7.54. The van der Waals surface area contributed by atoms with E-state index in [-0.39, 0.29) is 5.92 Å². The van der Waals surface area contributed by atoms with Crippen molar-refractivity contribution in [2.24, 2.45) is 5.92 Å². The molecule has 0 aliphatic rings. The molecule has 0 spiro atoms. The molecular weight excluding hydrogens is 330 g/mol. The summed E-state index contributed by atoms with van der Waals surface area (Å²) in [6, 6.07) is 30.8. The fraction of sp³-hybridized carbons (Fsp3) is 0.280. The molecule has 3 aromatic rings. The Hall–Kier alpha value is -2.42. The largest absolute Gasteiger partial charge is 0.384 e. The van der Waals surface area contributed by atoms with Gasteiger partial charge in [-0.2, -0.15) is 0 Å². The van der Waals surface area contributed by atoms with E-state index in [1.54, 1.807) is 0 Å². The lowest BCUT2D eigenvalue weighted by Gasteiger charge is -2.37. The molecule has 0 amide bonds. The summed E-state index contributed by atoms with van der Waals surface area (Å²) in [6.07, 6.45) is 0.609. The Morgan fingerprint density at radius 2 is 1.26 bits per heavy atom. The van der Waals surface area contributed by atoms with Gasteiger partial charge in [0, 0.05) is 25.4 Å². The molecule has 140 valence electrons. The summed E-state index contributed by atoms with van der Waals surface area (Å²) >= 11 is 0. The lowest BCUT2D eigenvalue weighted by molar-refractivity contribution is -0.0282. The number of hydrogen-bond donors (Lipinski definition) is 1. The van der Waals surface area contributed by atoms with Crippen molar-refractivity contribution in [3.8, 4) is 0 Å². The second-order valence-corrected chi connectivity index (χ2v) is 7.54. The maximum atomic E-state index is 11.8. The van der Waals surface area contributed by atoms with Crippen LogP contribution in [0.25, 0.3) is 0 Å². The monoisotopic (exact) mass is 359 g/mol. The maximum absolute atomic E-state index is 11.8. The first kappa shape index (κ1) is 19.3. The van der Waals surface area contributed by atoms with Crippen molar-refractivity contribution in [2.75, 3.05) is 13.6 Å². The van der Waals surface area contributed by atoms with Gasteiger partial charge in [0.1, 0.15) is 0 Å². The van der Waals surface area contributed by atoms with Crippen LogP contribution in [0.2, 0.25) is 0 Å². The Bertz CT molecular complexity index is 804.